The Bertz CT molecular complexity index is 2010. The lowest BCUT2D eigenvalue weighted by Gasteiger charge is -2.25. The summed E-state index contributed by atoms with van der Waals surface area (Å²) in [4.78, 5) is 32.4. The largest absolute Gasteiger partial charge is 0.463 e. The number of nitrogens with zero attached hydrogens (tertiary/aromatic N) is 2. The normalized spacial score (nSPS) is 15.3. The van der Waals surface area contributed by atoms with E-state index in [9.17, 15) is 9.59 Å². The Hall–Kier alpha value is -4.01. The van der Waals surface area contributed by atoms with Gasteiger partial charge in [0.2, 0.25) is 0 Å². The number of allylic oxidation sites excluding steroid dienone is 1. The Morgan fingerprint density at radius 1 is 1.10 bits per heavy atom. The zero-order valence-corrected chi connectivity index (χ0v) is 24.5. The molecule has 3 aromatic carbocycles. The molecular weight excluding hydrogens is 588 g/mol. The van der Waals surface area contributed by atoms with Crippen molar-refractivity contribution >= 4 is 50.1 Å². The van der Waals surface area contributed by atoms with Crippen LogP contribution < -0.4 is 14.9 Å². The zero-order chi connectivity index (χ0) is 28.0. The lowest BCUT2D eigenvalue weighted by Crippen LogP contribution is -2.40. The molecule has 8 heteroatoms. The van der Waals surface area contributed by atoms with Crippen LogP contribution in [0.15, 0.2) is 103 Å². The average Bonchev–Trinajstić information content (AvgIpc) is 3.53. The first-order valence-electron chi connectivity index (χ1n) is 12.9. The van der Waals surface area contributed by atoms with Gasteiger partial charge in [-0.2, -0.15) is 0 Å². The fraction of sp³-hybridized carbons (Fsp3) is 0.156. The van der Waals surface area contributed by atoms with Gasteiger partial charge in [0.15, 0.2) is 4.80 Å². The van der Waals surface area contributed by atoms with Crippen LogP contribution in [0.1, 0.15) is 36.8 Å². The molecule has 0 spiro atoms. The predicted octanol–water partition coefficient (Wildman–Crippen LogP) is 6.28. The summed E-state index contributed by atoms with van der Waals surface area (Å²) in [6, 6.07) is 23.0. The van der Waals surface area contributed by atoms with E-state index in [1.54, 1.807) is 24.5 Å². The van der Waals surface area contributed by atoms with E-state index in [4.69, 9.17) is 9.15 Å². The van der Waals surface area contributed by atoms with Gasteiger partial charge >= 0.3 is 5.97 Å². The molecule has 1 atom stereocenters. The molecule has 2 aromatic heterocycles. The summed E-state index contributed by atoms with van der Waals surface area (Å²) in [5.41, 5.74) is 3.57. The lowest BCUT2D eigenvalue weighted by atomic mass is 9.91. The van der Waals surface area contributed by atoms with Crippen molar-refractivity contribution in [1.29, 1.82) is 0 Å². The monoisotopic (exact) mass is 612 g/mol. The van der Waals surface area contributed by atoms with Crippen LogP contribution in [0, 0.1) is 6.92 Å². The number of aromatic nitrogens is 1. The molecule has 0 saturated heterocycles. The van der Waals surface area contributed by atoms with E-state index in [1.165, 1.54) is 11.3 Å². The number of carbonyl (C=O) groups is 1. The Labute approximate surface area is 242 Å². The minimum atomic E-state index is -0.680. The second-order valence-electron chi connectivity index (χ2n) is 9.54. The number of esters is 1. The van der Waals surface area contributed by atoms with Crippen LogP contribution >= 0.6 is 27.3 Å². The van der Waals surface area contributed by atoms with Crippen LogP contribution in [-0.2, 0) is 9.53 Å². The molecule has 0 saturated carbocycles. The van der Waals surface area contributed by atoms with Crippen molar-refractivity contribution in [3.8, 4) is 11.3 Å². The van der Waals surface area contributed by atoms with Gasteiger partial charge in [-0.3, -0.25) is 9.36 Å². The van der Waals surface area contributed by atoms with Crippen LogP contribution in [0.4, 0.5) is 0 Å². The summed E-state index contributed by atoms with van der Waals surface area (Å²) < 4.78 is 14.6. The zero-order valence-electron chi connectivity index (χ0n) is 22.1. The first-order chi connectivity index (χ1) is 19.4. The molecule has 0 aliphatic carbocycles. The van der Waals surface area contributed by atoms with Crippen molar-refractivity contribution in [2.45, 2.75) is 26.8 Å². The van der Waals surface area contributed by atoms with Crippen molar-refractivity contribution in [3.05, 3.63) is 125 Å². The Morgan fingerprint density at radius 2 is 1.90 bits per heavy atom. The van der Waals surface area contributed by atoms with Crippen molar-refractivity contribution < 1.29 is 13.9 Å². The van der Waals surface area contributed by atoms with Gasteiger partial charge in [0, 0.05) is 16.1 Å². The standard InChI is InChI=1S/C32H25BrN2O4S/c1-4-38-31(37)28-19(3)34-32-35(29(28)24-11-7-9-20-8-5-6-10-23(20)24)30(36)27(40-32)17-22-14-15-26(39-22)21-13-12-18(2)25(33)16-21/h5-17,29H,4H2,1-3H3/b27-17+/t29-/m1/s1. The van der Waals surface area contributed by atoms with Crippen LogP contribution in [0.2, 0.25) is 0 Å². The number of thiazole rings is 1. The first kappa shape index (κ1) is 26.2. The van der Waals surface area contributed by atoms with Crippen molar-refractivity contribution in [2.75, 3.05) is 6.61 Å². The molecule has 0 fully saturated rings. The highest BCUT2D eigenvalue weighted by Crippen LogP contribution is 2.35. The molecule has 3 heterocycles. The Balaban J connectivity index is 1.52. The smallest absolute Gasteiger partial charge is 0.338 e. The highest BCUT2D eigenvalue weighted by molar-refractivity contribution is 9.10. The summed E-state index contributed by atoms with van der Waals surface area (Å²) in [7, 11) is 0. The number of benzene rings is 3. The van der Waals surface area contributed by atoms with E-state index >= 15 is 0 Å². The van der Waals surface area contributed by atoms with Gasteiger partial charge in [0.25, 0.3) is 5.56 Å². The third-order valence-electron chi connectivity index (χ3n) is 6.99. The molecule has 1 aliphatic heterocycles. The van der Waals surface area contributed by atoms with Crippen LogP contribution in [-0.4, -0.2) is 17.1 Å². The van der Waals surface area contributed by atoms with E-state index in [2.05, 4.69) is 20.9 Å². The molecule has 1 aliphatic rings. The number of hydrogen-bond acceptors (Lipinski definition) is 6. The number of halogens is 1. The maximum absolute atomic E-state index is 14.0. The van der Waals surface area contributed by atoms with Crippen molar-refractivity contribution in [1.82, 2.24) is 4.57 Å². The van der Waals surface area contributed by atoms with Gasteiger partial charge in [0.05, 0.1) is 28.5 Å². The number of rotatable bonds is 5. The quantitative estimate of drug-likeness (QED) is 0.219. The van der Waals surface area contributed by atoms with E-state index < -0.39 is 12.0 Å². The molecule has 5 aromatic rings. The molecule has 6 nitrogen and oxygen atoms in total. The van der Waals surface area contributed by atoms with Gasteiger partial charge < -0.3 is 9.15 Å². The molecule has 0 bridgehead atoms. The number of carbonyl (C=O) groups excluding carboxylic acids is 1. The van der Waals surface area contributed by atoms with Crippen molar-refractivity contribution in [2.24, 2.45) is 4.99 Å². The van der Waals surface area contributed by atoms with Crippen LogP contribution in [0.5, 0.6) is 0 Å². The topological polar surface area (TPSA) is 73.8 Å². The fourth-order valence-corrected chi connectivity index (χ4v) is 6.44. The maximum atomic E-state index is 14.0. The fourth-order valence-electron chi connectivity index (χ4n) is 5.04. The van der Waals surface area contributed by atoms with Crippen molar-refractivity contribution in [3.63, 3.8) is 0 Å². The first-order valence-corrected chi connectivity index (χ1v) is 14.5. The second-order valence-corrected chi connectivity index (χ2v) is 11.4. The van der Waals surface area contributed by atoms with Gasteiger partial charge in [-0.25, -0.2) is 9.79 Å². The van der Waals surface area contributed by atoms with Gasteiger partial charge in [-0.15, -0.1) is 0 Å². The molecule has 200 valence electrons. The predicted molar refractivity (Wildman–Crippen MR) is 161 cm³/mol. The number of hydrogen-bond donors (Lipinski definition) is 0. The summed E-state index contributed by atoms with van der Waals surface area (Å²) in [6.45, 7) is 5.81. The third-order valence-corrected chi connectivity index (χ3v) is 8.83. The van der Waals surface area contributed by atoms with Crippen LogP contribution in [0.3, 0.4) is 0 Å². The maximum Gasteiger partial charge on any atom is 0.338 e. The third kappa shape index (κ3) is 4.57. The number of ether oxygens (including phenoxy) is 1. The minimum Gasteiger partial charge on any atom is -0.463 e. The molecular formula is C32H25BrN2O4S. The summed E-state index contributed by atoms with van der Waals surface area (Å²) >= 11 is 4.85. The van der Waals surface area contributed by atoms with E-state index in [1.807, 2.05) is 79.7 Å². The number of furan rings is 1. The highest BCUT2D eigenvalue weighted by atomic mass is 79.9. The molecule has 0 unspecified atom stereocenters. The second kappa shape index (κ2) is 10.5. The molecule has 0 N–H and O–H groups in total. The molecule has 0 amide bonds. The molecule has 6 rings (SSSR count). The SMILES string of the molecule is CCOC(=O)C1=C(C)N=c2s/c(=C/c3ccc(-c4ccc(C)c(Br)c4)o3)c(=O)n2[C@@H]1c1cccc2ccccc12. The minimum absolute atomic E-state index is 0.223. The Morgan fingerprint density at radius 3 is 2.70 bits per heavy atom. The summed E-state index contributed by atoms with van der Waals surface area (Å²) in [6.07, 6.45) is 1.74. The van der Waals surface area contributed by atoms with Gasteiger partial charge in [-0.1, -0.05) is 81.9 Å². The van der Waals surface area contributed by atoms with Crippen LogP contribution in [0.25, 0.3) is 28.2 Å². The number of fused-ring (bicyclic) bond motifs is 2. The highest BCUT2D eigenvalue weighted by Gasteiger charge is 2.34. The molecule has 0 radical (unpaired) electrons. The number of aryl methyl sites for hydroxylation is 1. The lowest BCUT2D eigenvalue weighted by molar-refractivity contribution is -0.139. The summed E-state index contributed by atoms with van der Waals surface area (Å²) in [5.74, 6) is 0.782. The Kier molecular flexibility index (Phi) is 6.90. The van der Waals surface area contributed by atoms with E-state index in [-0.39, 0.29) is 12.2 Å². The summed E-state index contributed by atoms with van der Waals surface area (Å²) in [5, 5.41) is 1.98. The average molecular weight is 614 g/mol. The van der Waals surface area contributed by atoms with E-state index in [0.717, 1.165) is 31.9 Å². The van der Waals surface area contributed by atoms with Gasteiger partial charge in [-0.05, 0) is 60.9 Å². The molecule has 40 heavy (non-hydrogen) atoms. The van der Waals surface area contributed by atoms with E-state index in [0.29, 0.717) is 32.1 Å². The van der Waals surface area contributed by atoms with Gasteiger partial charge in [0.1, 0.15) is 11.5 Å².